The van der Waals surface area contributed by atoms with Crippen molar-refractivity contribution in [2.24, 2.45) is 0 Å². The number of rotatable bonds is 5. The van der Waals surface area contributed by atoms with Crippen molar-refractivity contribution in [3.63, 3.8) is 0 Å². The lowest BCUT2D eigenvalue weighted by Gasteiger charge is -2.49. The lowest BCUT2D eigenvalue weighted by atomic mass is 9.81. The van der Waals surface area contributed by atoms with Crippen molar-refractivity contribution in [2.45, 2.75) is 75.8 Å². The Bertz CT molecular complexity index is 1320. The first-order valence-electron chi connectivity index (χ1n) is 13.1. The summed E-state index contributed by atoms with van der Waals surface area (Å²) in [5.74, 6) is 1.62. The van der Waals surface area contributed by atoms with Crippen molar-refractivity contribution >= 4 is 28.4 Å². The summed E-state index contributed by atoms with van der Waals surface area (Å²) >= 11 is 0. The fourth-order valence-corrected chi connectivity index (χ4v) is 6.01. The van der Waals surface area contributed by atoms with Gasteiger partial charge in [0.25, 0.3) is 5.91 Å². The normalized spacial score (nSPS) is 27.0. The van der Waals surface area contributed by atoms with Crippen LogP contribution in [0.3, 0.4) is 0 Å². The second-order valence-electron chi connectivity index (χ2n) is 10.4. The van der Waals surface area contributed by atoms with Crippen LogP contribution in [0.25, 0.3) is 10.9 Å². The predicted octanol–water partition coefficient (Wildman–Crippen LogP) is 3.16. The quantitative estimate of drug-likeness (QED) is 0.420. The Labute approximate surface area is 215 Å². The molecule has 10 heteroatoms. The molecule has 3 fully saturated rings. The average Bonchev–Trinajstić information content (AvgIpc) is 3.32. The van der Waals surface area contributed by atoms with Gasteiger partial charge in [0.05, 0.1) is 17.2 Å². The van der Waals surface area contributed by atoms with Gasteiger partial charge in [0.15, 0.2) is 0 Å². The van der Waals surface area contributed by atoms with Crippen LogP contribution in [0.4, 0.5) is 11.6 Å². The summed E-state index contributed by atoms with van der Waals surface area (Å²) in [6.07, 6.45) is 9.20. The summed E-state index contributed by atoms with van der Waals surface area (Å²) < 4.78 is 0. The molecule has 5 atom stereocenters. The molecule has 3 aromatic heterocycles. The number of pyridine rings is 3. The molecule has 4 N–H and O–H groups in total. The zero-order valence-electron chi connectivity index (χ0n) is 20.8. The first kappa shape index (κ1) is 23.6. The predicted molar refractivity (Wildman–Crippen MR) is 140 cm³/mol. The maximum atomic E-state index is 13.4. The lowest BCUT2D eigenvalue weighted by molar-refractivity contribution is 0.0259. The number of hydrazine groups is 1. The number of amides is 1. The molecule has 3 aromatic rings. The lowest BCUT2D eigenvalue weighted by Crippen LogP contribution is -2.57. The number of carbonyl (C=O) groups excluding carboxylic acids is 1. The van der Waals surface area contributed by atoms with Gasteiger partial charge in [-0.2, -0.15) is 5.26 Å². The van der Waals surface area contributed by atoms with Crippen LogP contribution in [0.2, 0.25) is 0 Å². The Kier molecular flexibility index (Phi) is 6.32. The fourth-order valence-electron chi connectivity index (χ4n) is 6.01. The molecular formula is C27H31N9O. The van der Waals surface area contributed by atoms with Crippen molar-refractivity contribution in [1.82, 2.24) is 30.7 Å². The molecule has 3 aliphatic heterocycles. The molecule has 3 unspecified atom stereocenters. The molecule has 2 bridgehead atoms. The second-order valence-corrected chi connectivity index (χ2v) is 10.4. The fraction of sp³-hybridized carbons (Fsp3) is 0.444. The number of nitrogens with zero attached hydrogens (tertiary/aromatic N) is 5. The third kappa shape index (κ3) is 4.80. The molecule has 37 heavy (non-hydrogen) atoms. The molecule has 3 saturated heterocycles. The molecule has 3 aliphatic rings. The first-order valence-corrected chi connectivity index (χ1v) is 13.1. The minimum Gasteiger partial charge on any atom is -0.367 e. The van der Waals surface area contributed by atoms with E-state index in [4.69, 9.17) is 10.2 Å². The highest BCUT2D eigenvalue weighted by molar-refractivity contribution is 5.94. The monoisotopic (exact) mass is 497 g/mol. The number of fused-ring (bicyclic) bond motifs is 3. The number of nitriles is 1. The topological polar surface area (TPSA) is 131 Å². The molecule has 0 aliphatic carbocycles. The Balaban J connectivity index is 1.21. The van der Waals surface area contributed by atoms with E-state index in [2.05, 4.69) is 49.3 Å². The van der Waals surface area contributed by atoms with Crippen LogP contribution in [0.15, 0.2) is 42.7 Å². The highest BCUT2D eigenvalue weighted by atomic mass is 16.2. The number of anilines is 2. The van der Waals surface area contributed by atoms with Gasteiger partial charge in [0, 0.05) is 48.0 Å². The van der Waals surface area contributed by atoms with E-state index in [0.717, 1.165) is 61.1 Å². The van der Waals surface area contributed by atoms with Crippen LogP contribution in [0.1, 0.15) is 61.5 Å². The number of hydrogen-bond acceptors (Lipinski definition) is 9. The maximum Gasteiger partial charge on any atom is 0.255 e. The maximum absolute atomic E-state index is 13.4. The second kappa shape index (κ2) is 9.92. The van der Waals surface area contributed by atoms with Crippen LogP contribution >= 0.6 is 0 Å². The van der Waals surface area contributed by atoms with E-state index in [0.29, 0.717) is 17.3 Å². The summed E-state index contributed by atoms with van der Waals surface area (Å²) in [6.45, 7) is 2.14. The van der Waals surface area contributed by atoms with Crippen molar-refractivity contribution in [3.8, 4) is 6.07 Å². The van der Waals surface area contributed by atoms with Gasteiger partial charge in [-0.05, 0) is 69.7 Å². The van der Waals surface area contributed by atoms with Crippen LogP contribution in [-0.2, 0) is 0 Å². The van der Waals surface area contributed by atoms with Crippen LogP contribution < -0.4 is 21.5 Å². The van der Waals surface area contributed by atoms with Gasteiger partial charge in [0.2, 0.25) is 0 Å². The molecule has 0 saturated carbocycles. The average molecular weight is 498 g/mol. The smallest absolute Gasteiger partial charge is 0.255 e. The van der Waals surface area contributed by atoms with Gasteiger partial charge in [-0.15, -0.1) is 0 Å². The largest absolute Gasteiger partial charge is 0.367 e. The zero-order valence-corrected chi connectivity index (χ0v) is 20.8. The van der Waals surface area contributed by atoms with Crippen LogP contribution in [0, 0.1) is 11.3 Å². The zero-order chi connectivity index (χ0) is 25.4. The van der Waals surface area contributed by atoms with Gasteiger partial charge in [-0.25, -0.2) is 15.4 Å². The van der Waals surface area contributed by atoms with Gasteiger partial charge in [-0.3, -0.25) is 15.2 Å². The third-order valence-corrected chi connectivity index (χ3v) is 7.69. The summed E-state index contributed by atoms with van der Waals surface area (Å²) in [6, 6.07) is 12.2. The molecule has 6 heterocycles. The number of hydrogen-bond donors (Lipinski definition) is 4. The Hall–Kier alpha value is -3.81. The Morgan fingerprint density at radius 3 is 2.65 bits per heavy atom. The SMILES string of the molecule is CC1CC(Nc2cc3ncccc3c(NC3C[C@H]4CCC[C@@H](C3)N4C(=O)c3ccc(C#N)nc3)n2)NN1. The van der Waals surface area contributed by atoms with E-state index in [1.54, 1.807) is 18.3 Å². The summed E-state index contributed by atoms with van der Waals surface area (Å²) in [7, 11) is 0. The van der Waals surface area contributed by atoms with Crippen LogP contribution in [-0.4, -0.2) is 56.1 Å². The number of nitrogens with one attached hydrogen (secondary N) is 4. The third-order valence-electron chi connectivity index (χ3n) is 7.69. The highest BCUT2D eigenvalue weighted by Gasteiger charge is 2.41. The molecule has 6 rings (SSSR count). The summed E-state index contributed by atoms with van der Waals surface area (Å²) in [5, 5.41) is 17.2. The molecular weight excluding hydrogens is 466 g/mol. The minimum atomic E-state index is 0.0102. The standard InChI is InChI=1S/C27H31N9O/c1-16-10-25(35-34-16)32-24-13-23-22(6-3-9-29-23)26(33-24)31-19-11-20-4-2-5-21(12-19)36(20)27(37)17-7-8-18(14-28)30-15-17/h3,6-9,13,15-16,19-21,25,34-35H,2,4-5,10-12H2,1H3,(H2,31,32,33)/t16?,19?,20-,21+,25?. The van der Waals surface area contributed by atoms with E-state index in [1.165, 1.54) is 6.20 Å². The van der Waals surface area contributed by atoms with Crippen LogP contribution in [0.5, 0.6) is 0 Å². The first-order chi connectivity index (χ1) is 18.1. The molecule has 0 aromatic carbocycles. The van der Waals surface area contributed by atoms with Gasteiger partial charge in [-0.1, -0.05) is 0 Å². The van der Waals surface area contributed by atoms with Gasteiger partial charge in [0.1, 0.15) is 23.4 Å². The minimum absolute atomic E-state index is 0.0102. The molecule has 190 valence electrons. The van der Waals surface area contributed by atoms with Crippen molar-refractivity contribution in [3.05, 3.63) is 54.0 Å². The van der Waals surface area contributed by atoms with E-state index in [1.807, 2.05) is 18.2 Å². The molecule has 10 nitrogen and oxygen atoms in total. The van der Waals surface area contributed by atoms with Crippen molar-refractivity contribution in [1.29, 1.82) is 5.26 Å². The summed E-state index contributed by atoms with van der Waals surface area (Å²) in [4.78, 5) is 29.1. The van der Waals surface area contributed by atoms with Gasteiger partial charge < -0.3 is 15.5 Å². The molecule has 1 amide bonds. The van der Waals surface area contributed by atoms with E-state index >= 15 is 0 Å². The number of carbonyl (C=O) groups is 1. The highest BCUT2D eigenvalue weighted by Crippen LogP contribution is 2.37. The summed E-state index contributed by atoms with van der Waals surface area (Å²) in [5.41, 5.74) is 8.26. The molecule has 0 radical (unpaired) electrons. The number of piperidine rings is 2. The van der Waals surface area contributed by atoms with E-state index < -0.39 is 0 Å². The van der Waals surface area contributed by atoms with Crippen molar-refractivity contribution < 1.29 is 4.79 Å². The Morgan fingerprint density at radius 2 is 1.95 bits per heavy atom. The molecule has 0 spiro atoms. The van der Waals surface area contributed by atoms with E-state index in [-0.39, 0.29) is 30.2 Å². The van der Waals surface area contributed by atoms with Gasteiger partial charge >= 0.3 is 0 Å². The number of aromatic nitrogens is 3. The Morgan fingerprint density at radius 1 is 1.11 bits per heavy atom. The van der Waals surface area contributed by atoms with Crippen molar-refractivity contribution in [2.75, 3.05) is 10.6 Å². The van der Waals surface area contributed by atoms with E-state index in [9.17, 15) is 4.79 Å².